The van der Waals surface area contributed by atoms with Crippen LogP contribution >= 0.6 is 0 Å². The summed E-state index contributed by atoms with van der Waals surface area (Å²) in [5, 5.41) is 0. The summed E-state index contributed by atoms with van der Waals surface area (Å²) in [5.74, 6) is -0.407. The molecule has 112 valence electrons. The van der Waals surface area contributed by atoms with Crippen LogP contribution in [0.3, 0.4) is 0 Å². The Morgan fingerprint density at radius 3 is 1.79 bits per heavy atom. The Labute approximate surface area is 120 Å². The molecule has 1 aromatic carbocycles. The Bertz CT molecular complexity index is 359. The maximum atomic E-state index is 11.5. The molecular formula is C16H27F3. The fraction of sp³-hybridized carbons (Fsp3) is 0.500. The second kappa shape index (κ2) is 19.1. The van der Waals surface area contributed by atoms with Crippen LogP contribution in [0.2, 0.25) is 0 Å². The number of halogens is 3. The van der Waals surface area contributed by atoms with Crippen molar-refractivity contribution in [3.8, 4) is 0 Å². The summed E-state index contributed by atoms with van der Waals surface area (Å²) in [6.45, 7) is 6.89. The van der Waals surface area contributed by atoms with Gasteiger partial charge in [-0.2, -0.15) is 0 Å². The van der Waals surface area contributed by atoms with Crippen LogP contribution in [0.25, 0.3) is 0 Å². The molecule has 0 spiro atoms. The molecule has 1 aromatic rings. The molecule has 0 bridgehead atoms. The molecule has 0 amide bonds. The van der Waals surface area contributed by atoms with Crippen LogP contribution in [0.15, 0.2) is 42.2 Å². The van der Waals surface area contributed by atoms with Gasteiger partial charge < -0.3 is 0 Å². The van der Waals surface area contributed by atoms with Crippen molar-refractivity contribution in [3.63, 3.8) is 0 Å². The Morgan fingerprint density at radius 2 is 1.68 bits per heavy atom. The molecule has 0 aliphatic carbocycles. The van der Waals surface area contributed by atoms with E-state index in [4.69, 9.17) is 4.11 Å². The zero-order valence-electron chi connectivity index (χ0n) is 15.6. The number of allylic oxidation sites excluding steroid dienone is 2. The number of alkyl halides is 2. The lowest BCUT2D eigenvalue weighted by atomic mass is 10.2. The first-order valence-corrected chi connectivity index (χ1v) is 5.83. The van der Waals surface area contributed by atoms with Crippen molar-refractivity contribution in [1.29, 1.82) is 0 Å². The van der Waals surface area contributed by atoms with Crippen LogP contribution < -0.4 is 0 Å². The molecule has 0 saturated carbocycles. The van der Waals surface area contributed by atoms with Crippen LogP contribution in [0, 0.1) is 6.92 Å². The highest BCUT2D eigenvalue weighted by Crippen LogP contribution is 1.92. The zero-order valence-corrected chi connectivity index (χ0v) is 12.6. The highest BCUT2D eigenvalue weighted by molar-refractivity contribution is 5.11. The molecule has 3 heteroatoms. The standard InChI is InChI=1S/C7H8.C4H7F.C3H7F.C2H5F/c1-7-5-3-2-4-6-7;1-3-4(2)5;1-3(2)4;1-2-3/h2-6H,1H3;3H,1-2H3;3H,1-2H3;2H2,1H3/b;4-3-;;/i;2*3D;2D. The average molecular weight is 279 g/mol. The van der Waals surface area contributed by atoms with E-state index >= 15 is 0 Å². The molecule has 0 saturated heterocycles. The van der Waals surface area contributed by atoms with Gasteiger partial charge in [0.25, 0.3) is 0 Å². The van der Waals surface area contributed by atoms with E-state index in [9.17, 15) is 13.2 Å². The topological polar surface area (TPSA) is 0 Å². The van der Waals surface area contributed by atoms with E-state index in [0.29, 0.717) is 0 Å². The lowest BCUT2D eigenvalue weighted by Gasteiger charge is -1.82. The molecule has 0 N–H and O–H groups in total. The maximum Gasteiger partial charge on any atom is 0.0945 e. The van der Waals surface area contributed by atoms with Gasteiger partial charge in [-0.25, -0.2) is 8.78 Å². The third-order valence-corrected chi connectivity index (χ3v) is 1.28. The summed E-state index contributed by atoms with van der Waals surface area (Å²) in [4.78, 5) is 0. The lowest BCUT2D eigenvalue weighted by Crippen LogP contribution is -1.73. The number of benzene rings is 1. The van der Waals surface area contributed by atoms with Gasteiger partial charge in [0.15, 0.2) is 0 Å². The SMILES string of the molecule is Cc1ccccc1.[2H]/C(C)=C(\C)F.[2H]C(C)(C)F.[2H]C(C)F. The summed E-state index contributed by atoms with van der Waals surface area (Å²) in [6.07, 6.45) is -1.75. The van der Waals surface area contributed by atoms with E-state index in [1.807, 2.05) is 18.2 Å². The zero-order chi connectivity index (χ0) is 18.3. The van der Waals surface area contributed by atoms with Crippen LogP contribution in [0.5, 0.6) is 0 Å². The first-order chi connectivity index (χ1) is 9.77. The number of hydrogen-bond acceptors (Lipinski definition) is 0. The van der Waals surface area contributed by atoms with Crippen molar-refractivity contribution in [2.45, 2.75) is 47.7 Å². The van der Waals surface area contributed by atoms with Crippen molar-refractivity contribution >= 4 is 0 Å². The smallest absolute Gasteiger partial charge is 0.0945 e. The van der Waals surface area contributed by atoms with Crippen LogP contribution in [-0.4, -0.2) is 12.8 Å². The minimum atomic E-state index is -1.75. The van der Waals surface area contributed by atoms with Crippen molar-refractivity contribution in [1.82, 2.24) is 0 Å². The van der Waals surface area contributed by atoms with Gasteiger partial charge in [-0.1, -0.05) is 41.9 Å². The molecule has 1 rings (SSSR count). The molecule has 0 heterocycles. The monoisotopic (exact) mass is 279 g/mol. The van der Waals surface area contributed by atoms with Crippen LogP contribution in [0.1, 0.15) is 44.3 Å². The quantitative estimate of drug-likeness (QED) is 0.529. The van der Waals surface area contributed by atoms with Gasteiger partial charge in [0.1, 0.15) is 0 Å². The van der Waals surface area contributed by atoms with Gasteiger partial charge >= 0.3 is 0 Å². The first kappa shape index (κ1) is 15.8. The fourth-order valence-corrected chi connectivity index (χ4v) is 0.534. The number of rotatable bonds is 0. The van der Waals surface area contributed by atoms with E-state index in [0.717, 1.165) is 0 Å². The number of hydrogen-bond donors (Lipinski definition) is 0. The summed E-state index contributed by atoms with van der Waals surface area (Å²) >= 11 is 0. The lowest BCUT2D eigenvalue weighted by molar-refractivity contribution is 0.391. The Hall–Kier alpha value is -1.25. The fourth-order valence-electron chi connectivity index (χ4n) is 0.534. The summed E-state index contributed by atoms with van der Waals surface area (Å²) in [7, 11) is 0. The van der Waals surface area contributed by atoms with Gasteiger partial charge in [0.05, 0.1) is 22.7 Å². The molecule has 1 unspecified atom stereocenters. The third-order valence-electron chi connectivity index (χ3n) is 1.28. The average Bonchev–Trinajstić information content (AvgIpc) is 2.27. The largest absolute Gasteiger partial charge is 0.251 e. The predicted molar refractivity (Wildman–Crippen MR) is 79.6 cm³/mol. The molecule has 19 heavy (non-hydrogen) atoms. The number of aryl methyl sites for hydroxylation is 1. The molecular weight excluding hydrogens is 249 g/mol. The molecule has 0 nitrogen and oxygen atoms in total. The molecule has 0 aromatic heterocycles. The van der Waals surface area contributed by atoms with Crippen molar-refractivity contribution in [3.05, 3.63) is 47.8 Å². The minimum absolute atomic E-state index is 0.00926. The molecule has 1 atom stereocenters. The summed E-state index contributed by atoms with van der Waals surface area (Å²) in [6, 6.07) is 10.3. The van der Waals surface area contributed by atoms with Crippen molar-refractivity contribution in [2.24, 2.45) is 0 Å². The molecule has 0 aliphatic heterocycles. The Morgan fingerprint density at radius 1 is 1.42 bits per heavy atom. The Kier molecular flexibility index (Phi) is 15.9. The van der Waals surface area contributed by atoms with Gasteiger partial charge in [-0.05, 0) is 41.5 Å². The predicted octanol–water partition coefficient (Wildman–Crippen LogP) is 6.21. The van der Waals surface area contributed by atoms with Crippen molar-refractivity contribution < 1.29 is 17.3 Å². The van der Waals surface area contributed by atoms with Crippen molar-refractivity contribution in [2.75, 3.05) is 6.65 Å². The van der Waals surface area contributed by atoms with Gasteiger partial charge in [0, 0.05) is 0 Å². The molecule has 0 aliphatic rings. The highest BCUT2D eigenvalue weighted by atomic mass is 19.1. The summed E-state index contributed by atoms with van der Waals surface area (Å²) < 4.78 is 52.3. The van der Waals surface area contributed by atoms with E-state index in [1.165, 1.54) is 40.2 Å². The van der Waals surface area contributed by atoms with E-state index in [1.54, 1.807) is 0 Å². The normalized spacial score (nSPS) is 14.3. The maximum absolute atomic E-state index is 11.5. The van der Waals surface area contributed by atoms with Crippen LogP contribution in [0.4, 0.5) is 13.2 Å². The Balaban J connectivity index is -0.000000224. The third kappa shape index (κ3) is 47.6. The van der Waals surface area contributed by atoms with E-state index in [-0.39, 0.29) is 6.05 Å². The summed E-state index contributed by atoms with van der Waals surface area (Å²) in [5.41, 5.74) is 1.32. The highest BCUT2D eigenvalue weighted by Gasteiger charge is 1.73. The van der Waals surface area contributed by atoms with Gasteiger partial charge in [-0.15, -0.1) is 0 Å². The van der Waals surface area contributed by atoms with E-state index in [2.05, 4.69) is 19.1 Å². The first-order valence-electron chi connectivity index (χ1n) is 7.41. The second-order valence-corrected chi connectivity index (χ2v) is 3.53. The van der Waals surface area contributed by atoms with Gasteiger partial charge in [-0.3, -0.25) is 4.39 Å². The van der Waals surface area contributed by atoms with E-state index < -0.39 is 18.6 Å². The molecule has 0 fully saturated rings. The van der Waals surface area contributed by atoms with Gasteiger partial charge in [0.2, 0.25) is 0 Å². The molecule has 0 radical (unpaired) electrons. The minimum Gasteiger partial charge on any atom is -0.251 e. The second-order valence-electron chi connectivity index (χ2n) is 3.53. The van der Waals surface area contributed by atoms with Crippen LogP contribution in [-0.2, 0) is 0 Å².